The lowest BCUT2D eigenvalue weighted by Gasteiger charge is -2.11. The van der Waals surface area contributed by atoms with Crippen LogP contribution < -0.4 is 15.8 Å². The maximum atomic E-state index is 10.8. The maximum absolute atomic E-state index is 10.8. The van der Waals surface area contributed by atoms with Gasteiger partial charge in [0.25, 0.3) is 0 Å². The molecule has 0 bridgehead atoms. The Balaban J connectivity index is 2.14. The lowest BCUT2D eigenvalue weighted by molar-refractivity contribution is -0.116. The number of para-hydroxylation sites is 3. The molecule has 0 heterocycles. The molecule has 0 aliphatic carbocycles. The number of primary amides is 1. The van der Waals surface area contributed by atoms with E-state index in [4.69, 9.17) is 10.5 Å². The van der Waals surface area contributed by atoms with E-state index in [9.17, 15) is 4.79 Å². The highest BCUT2D eigenvalue weighted by Gasteiger charge is 2.04. The number of carbonyl (C=O) groups is 1. The average molecular weight is 242 g/mol. The standard InChI is InChI=1S/C14H14N2O2/c15-14(17)10-16-12-8-4-5-9-13(12)18-11-6-2-1-3-7-11/h1-9,16H,10H2,(H2,15,17). The van der Waals surface area contributed by atoms with Crippen molar-refractivity contribution in [3.63, 3.8) is 0 Å². The molecule has 0 radical (unpaired) electrons. The van der Waals surface area contributed by atoms with Crippen molar-refractivity contribution >= 4 is 11.6 Å². The lowest BCUT2D eigenvalue weighted by Crippen LogP contribution is -2.21. The van der Waals surface area contributed by atoms with Gasteiger partial charge in [0.05, 0.1) is 12.2 Å². The first kappa shape index (κ1) is 12.0. The molecule has 0 saturated carbocycles. The van der Waals surface area contributed by atoms with Gasteiger partial charge in [-0.2, -0.15) is 0 Å². The predicted octanol–water partition coefficient (Wildman–Crippen LogP) is 2.38. The molecule has 0 spiro atoms. The number of anilines is 1. The van der Waals surface area contributed by atoms with E-state index in [1.54, 1.807) is 0 Å². The molecule has 4 nitrogen and oxygen atoms in total. The largest absolute Gasteiger partial charge is 0.455 e. The van der Waals surface area contributed by atoms with Crippen molar-refractivity contribution in [2.45, 2.75) is 0 Å². The number of nitrogens with one attached hydrogen (secondary N) is 1. The van der Waals surface area contributed by atoms with Crippen molar-refractivity contribution in [3.05, 3.63) is 54.6 Å². The third kappa shape index (κ3) is 3.25. The van der Waals surface area contributed by atoms with Crippen LogP contribution in [0.25, 0.3) is 0 Å². The summed E-state index contributed by atoms with van der Waals surface area (Å²) >= 11 is 0. The number of hydrogen-bond donors (Lipinski definition) is 2. The predicted molar refractivity (Wildman–Crippen MR) is 70.6 cm³/mol. The molecule has 0 aliphatic heterocycles. The van der Waals surface area contributed by atoms with Gasteiger partial charge in [-0.05, 0) is 24.3 Å². The Hall–Kier alpha value is -2.49. The highest BCUT2D eigenvalue weighted by atomic mass is 16.5. The molecule has 2 aromatic rings. The van der Waals surface area contributed by atoms with E-state index in [1.807, 2.05) is 54.6 Å². The number of carbonyl (C=O) groups excluding carboxylic acids is 1. The first-order valence-electron chi connectivity index (χ1n) is 5.60. The molecule has 0 aromatic heterocycles. The molecule has 0 fully saturated rings. The first-order valence-corrected chi connectivity index (χ1v) is 5.60. The second-order valence-electron chi connectivity index (χ2n) is 3.73. The summed E-state index contributed by atoms with van der Waals surface area (Å²) < 4.78 is 5.73. The van der Waals surface area contributed by atoms with Crippen LogP contribution in [0.2, 0.25) is 0 Å². The van der Waals surface area contributed by atoms with Crippen LogP contribution in [0.1, 0.15) is 0 Å². The molecular weight excluding hydrogens is 228 g/mol. The molecular formula is C14H14N2O2. The van der Waals surface area contributed by atoms with Crippen molar-refractivity contribution in [2.75, 3.05) is 11.9 Å². The van der Waals surface area contributed by atoms with Crippen LogP contribution in [0.5, 0.6) is 11.5 Å². The van der Waals surface area contributed by atoms with Crippen LogP contribution in [0.15, 0.2) is 54.6 Å². The Kier molecular flexibility index (Phi) is 3.81. The number of ether oxygens (including phenoxy) is 1. The highest BCUT2D eigenvalue weighted by Crippen LogP contribution is 2.28. The fourth-order valence-electron chi connectivity index (χ4n) is 1.50. The van der Waals surface area contributed by atoms with Crippen molar-refractivity contribution in [1.29, 1.82) is 0 Å². The molecule has 18 heavy (non-hydrogen) atoms. The van der Waals surface area contributed by atoms with Crippen LogP contribution in [-0.2, 0) is 4.79 Å². The summed E-state index contributed by atoms with van der Waals surface area (Å²) in [6.07, 6.45) is 0. The molecule has 0 aliphatic rings. The minimum Gasteiger partial charge on any atom is -0.455 e. The molecule has 2 rings (SSSR count). The Morgan fingerprint density at radius 2 is 1.72 bits per heavy atom. The van der Waals surface area contributed by atoms with Crippen molar-refractivity contribution in [3.8, 4) is 11.5 Å². The number of benzene rings is 2. The zero-order valence-electron chi connectivity index (χ0n) is 9.80. The average Bonchev–Trinajstić information content (AvgIpc) is 2.39. The Morgan fingerprint density at radius 1 is 1.06 bits per heavy atom. The minimum atomic E-state index is -0.412. The number of nitrogens with two attached hydrogens (primary N) is 1. The van der Waals surface area contributed by atoms with E-state index < -0.39 is 5.91 Å². The molecule has 2 aromatic carbocycles. The van der Waals surface area contributed by atoms with Gasteiger partial charge < -0.3 is 15.8 Å². The smallest absolute Gasteiger partial charge is 0.236 e. The van der Waals surface area contributed by atoms with Gasteiger partial charge in [-0.25, -0.2) is 0 Å². The second kappa shape index (κ2) is 5.72. The molecule has 0 saturated heterocycles. The van der Waals surface area contributed by atoms with E-state index in [0.717, 1.165) is 11.4 Å². The lowest BCUT2D eigenvalue weighted by atomic mass is 10.3. The fraction of sp³-hybridized carbons (Fsp3) is 0.0714. The van der Waals surface area contributed by atoms with Crippen molar-refractivity contribution < 1.29 is 9.53 Å². The van der Waals surface area contributed by atoms with Gasteiger partial charge in [-0.15, -0.1) is 0 Å². The zero-order valence-corrected chi connectivity index (χ0v) is 9.80. The molecule has 3 N–H and O–H groups in total. The van der Waals surface area contributed by atoms with E-state index in [0.29, 0.717) is 5.75 Å². The summed E-state index contributed by atoms with van der Waals surface area (Å²) in [6.45, 7) is 0.0785. The molecule has 4 heteroatoms. The third-order valence-electron chi connectivity index (χ3n) is 2.31. The normalized spacial score (nSPS) is 9.78. The van der Waals surface area contributed by atoms with Crippen LogP contribution in [0, 0.1) is 0 Å². The number of hydrogen-bond acceptors (Lipinski definition) is 3. The summed E-state index contributed by atoms with van der Waals surface area (Å²) in [5.41, 5.74) is 5.84. The maximum Gasteiger partial charge on any atom is 0.236 e. The van der Waals surface area contributed by atoms with Crippen LogP contribution >= 0.6 is 0 Å². The summed E-state index contributed by atoms with van der Waals surface area (Å²) in [5.74, 6) is 0.986. The van der Waals surface area contributed by atoms with Gasteiger partial charge in [-0.1, -0.05) is 30.3 Å². The van der Waals surface area contributed by atoms with E-state index in [2.05, 4.69) is 5.32 Å². The second-order valence-corrected chi connectivity index (χ2v) is 3.73. The summed E-state index contributed by atoms with van der Waals surface area (Å²) in [5, 5.41) is 2.93. The summed E-state index contributed by atoms with van der Waals surface area (Å²) in [4.78, 5) is 10.8. The van der Waals surface area contributed by atoms with Gasteiger partial charge >= 0.3 is 0 Å². The Bertz CT molecular complexity index is 526. The van der Waals surface area contributed by atoms with Gasteiger partial charge in [0.15, 0.2) is 5.75 Å². The topological polar surface area (TPSA) is 64.4 Å². The highest BCUT2D eigenvalue weighted by molar-refractivity contribution is 5.79. The van der Waals surface area contributed by atoms with E-state index in [-0.39, 0.29) is 6.54 Å². The molecule has 0 atom stereocenters. The number of rotatable bonds is 5. The van der Waals surface area contributed by atoms with E-state index in [1.165, 1.54) is 0 Å². The van der Waals surface area contributed by atoms with Crippen LogP contribution in [0.3, 0.4) is 0 Å². The van der Waals surface area contributed by atoms with E-state index >= 15 is 0 Å². The monoisotopic (exact) mass is 242 g/mol. The molecule has 92 valence electrons. The van der Waals surface area contributed by atoms with Crippen LogP contribution in [-0.4, -0.2) is 12.5 Å². The Labute approximate surface area is 105 Å². The quantitative estimate of drug-likeness (QED) is 0.846. The fourth-order valence-corrected chi connectivity index (χ4v) is 1.50. The van der Waals surface area contributed by atoms with Crippen LogP contribution in [0.4, 0.5) is 5.69 Å². The SMILES string of the molecule is NC(=O)CNc1ccccc1Oc1ccccc1. The minimum absolute atomic E-state index is 0.0785. The molecule has 0 unspecified atom stereocenters. The molecule has 1 amide bonds. The summed E-state index contributed by atoms with van der Waals surface area (Å²) in [6, 6.07) is 16.8. The summed E-state index contributed by atoms with van der Waals surface area (Å²) in [7, 11) is 0. The van der Waals surface area contributed by atoms with Crippen molar-refractivity contribution in [1.82, 2.24) is 0 Å². The van der Waals surface area contributed by atoms with Gasteiger partial charge in [0.2, 0.25) is 5.91 Å². The third-order valence-corrected chi connectivity index (χ3v) is 2.31. The first-order chi connectivity index (χ1) is 8.75. The Morgan fingerprint density at radius 3 is 2.44 bits per heavy atom. The van der Waals surface area contributed by atoms with Crippen molar-refractivity contribution in [2.24, 2.45) is 5.73 Å². The van der Waals surface area contributed by atoms with Gasteiger partial charge in [-0.3, -0.25) is 4.79 Å². The van der Waals surface area contributed by atoms with Gasteiger partial charge in [0, 0.05) is 0 Å². The zero-order chi connectivity index (χ0) is 12.8. The van der Waals surface area contributed by atoms with Gasteiger partial charge in [0.1, 0.15) is 5.75 Å². The number of amides is 1.